The van der Waals surface area contributed by atoms with Crippen molar-refractivity contribution in [2.24, 2.45) is 0 Å². The number of morpholine rings is 2. The molecule has 1 saturated carbocycles. The summed E-state index contributed by atoms with van der Waals surface area (Å²) in [7, 11) is 0. The normalized spacial score (nSPS) is 19.4. The summed E-state index contributed by atoms with van der Waals surface area (Å²) in [5.41, 5.74) is 3.16. The van der Waals surface area contributed by atoms with E-state index in [4.69, 9.17) is 24.4 Å². The molecule has 3 aromatic rings. The van der Waals surface area contributed by atoms with Gasteiger partial charge >= 0.3 is 0 Å². The van der Waals surface area contributed by atoms with E-state index in [9.17, 15) is 4.79 Å². The molecule has 0 spiro atoms. The van der Waals surface area contributed by atoms with Gasteiger partial charge in [-0.1, -0.05) is 12.8 Å². The third kappa shape index (κ3) is 4.55. The summed E-state index contributed by atoms with van der Waals surface area (Å²) in [6.45, 7) is 5.32. The number of hydrogen-bond donors (Lipinski definition) is 1. The van der Waals surface area contributed by atoms with Crippen LogP contribution >= 0.6 is 0 Å². The largest absolute Gasteiger partial charge is 0.378 e. The lowest BCUT2D eigenvalue weighted by Crippen LogP contribution is -2.40. The predicted molar refractivity (Wildman–Crippen MR) is 132 cm³/mol. The van der Waals surface area contributed by atoms with Crippen LogP contribution in [0.5, 0.6) is 0 Å². The van der Waals surface area contributed by atoms with Crippen molar-refractivity contribution in [3.8, 4) is 0 Å². The van der Waals surface area contributed by atoms with Gasteiger partial charge in [0.05, 0.1) is 32.8 Å². The van der Waals surface area contributed by atoms with Gasteiger partial charge in [-0.2, -0.15) is 9.97 Å². The molecule has 2 aliphatic heterocycles. The van der Waals surface area contributed by atoms with Gasteiger partial charge < -0.3 is 29.2 Å². The number of carbonyl (C=O) groups excluding carboxylic acids is 1. The molecule has 3 aliphatic rings. The summed E-state index contributed by atoms with van der Waals surface area (Å²) in [5.74, 6) is 1.41. The Balaban J connectivity index is 1.30. The number of benzene rings is 1. The van der Waals surface area contributed by atoms with Gasteiger partial charge in [0.2, 0.25) is 5.95 Å². The van der Waals surface area contributed by atoms with Gasteiger partial charge in [-0.15, -0.1) is 0 Å². The third-order valence-electron chi connectivity index (χ3n) is 7.11. The Morgan fingerprint density at radius 1 is 0.914 bits per heavy atom. The average molecular weight is 478 g/mol. The fourth-order valence-corrected chi connectivity index (χ4v) is 5.13. The zero-order valence-electron chi connectivity index (χ0n) is 19.9. The smallest absolute Gasteiger partial charge is 0.254 e. The monoisotopic (exact) mass is 477 g/mol. The van der Waals surface area contributed by atoms with Crippen molar-refractivity contribution >= 4 is 34.5 Å². The molecule has 10 nitrogen and oxygen atoms in total. The number of hydrogen-bond acceptors (Lipinski definition) is 8. The van der Waals surface area contributed by atoms with Crippen molar-refractivity contribution in [2.75, 3.05) is 62.8 Å². The number of nitrogens with zero attached hydrogens (tertiary/aromatic N) is 6. The molecule has 4 heterocycles. The lowest BCUT2D eigenvalue weighted by atomic mass is 10.1. The maximum absolute atomic E-state index is 12.8. The Bertz CT molecular complexity index is 1180. The summed E-state index contributed by atoms with van der Waals surface area (Å²) in [4.78, 5) is 31.3. The topological polar surface area (TPSA) is 97.6 Å². The fraction of sp³-hybridized carbons (Fsp3) is 0.520. The average Bonchev–Trinajstić information content (AvgIpc) is 3.60. The molecule has 1 N–H and O–H groups in total. The number of amides is 1. The Labute approximate surface area is 204 Å². The first kappa shape index (κ1) is 22.2. The number of carbonyl (C=O) groups is 1. The van der Waals surface area contributed by atoms with Crippen LogP contribution in [-0.4, -0.2) is 82.9 Å². The molecule has 35 heavy (non-hydrogen) atoms. The van der Waals surface area contributed by atoms with Crippen LogP contribution in [0.2, 0.25) is 0 Å². The van der Waals surface area contributed by atoms with Crippen molar-refractivity contribution < 1.29 is 14.3 Å². The molecule has 0 atom stereocenters. The van der Waals surface area contributed by atoms with Crippen LogP contribution < -0.4 is 10.2 Å². The molecular formula is C25H31N7O3. The van der Waals surface area contributed by atoms with Crippen LogP contribution in [0.25, 0.3) is 11.2 Å². The molecule has 0 radical (unpaired) electrons. The lowest BCUT2D eigenvalue weighted by Gasteiger charge is -2.27. The molecule has 0 unspecified atom stereocenters. The summed E-state index contributed by atoms with van der Waals surface area (Å²) < 4.78 is 13.1. The van der Waals surface area contributed by atoms with E-state index >= 15 is 0 Å². The highest BCUT2D eigenvalue weighted by molar-refractivity contribution is 5.95. The Kier molecular flexibility index (Phi) is 6.22. The molecule has 3 fully saturated rings. The van der Waals surface area contributed by atoms with Gasteiger partial charge in [0.1, 0.15) is 0 Å². The van der Waals surface area contributed by atoms with E-state index < -0.39 is 0 Å². The van der Waals surface area contributed by atoms with Crippen LogP contribution in [0.4, 0.5) is 17.5 Å². The van der Waals surface area contributed by atoms with Gasteiger partial charge in [0.15, 0.2) is 17.0 Å². The van der Waals surface area contributed by atoms with Gasteiger partial charge in [-0.3, -0.25) is 4.79 Å². The zero-order chi connectivity index (χ0) is 23.6. The minimum Gasteiger partial charge on any atom is -0.378 e. The second-order valence-corrected chi connectivity index (χ2v) is 9.34. The van der Waals surface area contributed by atoms with Gasteiger partial charge in [-0.25, -0.2) is 4.98 Å². The number of aromatic nitrogens is 4. The van der Waals surface area contributed by atoms with E-state index in [1.54, 1.807) is 0 Å². The van der Waals surface area contributed by atoms with Crippen molar-refractivity contribution in [3.05, 3.63) is 36.2 Å². The van der Waals surface area contributed by atoms with Crippen LogP contribution in [-0.2, 0) is 9.47 Å². The molecular weight excluding hydrogens is 446 g/mol. The summed E-state index contributed by atoms with van der Waals surface area (Å²) in [6.07, 6.45) is 6.71. The molecule has 2 aromatic heterocycles. The standard InChI is InChI=1S/C25H31N7O3/c33-24(30-9-13-34-14-10-30)18-5-7-19(8-6-18)27-22-21-23(32(17-26-21)20-3-1-2-4-20)29-25(28-22)31-11-15-35-16-12-31/h5-8,17,20H,1-4,9-16H2,(H,27,28,29). The van der Waals surface area contributed by atoms with Gasteiger partial charge in [0, 0.05) is 43.5 Å². The Morgan fingerprint density at radius 2 is 1.60 bits per heavy atom. The van der Waals surface area contributed by atoms with E-state index in [2.05, 4.69) is 14.8 Å². The van der Waals surface area contributed by atoms with Crippen LogP contribution in [0.15, 0.2) is 30.6 Å². The summed E-state index contributed by atoms with van der Waals surface area (Å²) in [6, 6.07) is 8.00. The molecule has 184 valence electrons. The van der Waals surface area contributed by atoms with Crippen molar-refractivity contribution in [1.29, 1.82) is 0 Å². The van der Waals surface area contributed by atoms with E-state index in [0.29, 0.717) is 62.9 Å². The SMILES string of the molecule is O=C(c1ccc(Nc2nc(N3CCOCC3)nc3c2ncn3C2CCCC2)cc1)N1CCOCC1. The molecule has 10 heteroatoms. The number of fused-ring (bicyclic) bond motifs is 1. The van der Waals surface area contributed by atoms with Crippen molar-refractivity contribution in [2.45, 2.75) is 31.7 Å². The molecule has 6 rings (SSSR count). The van der Waals surface area contributed by atoms with E-state index in [1.807, 2.05) is 35.5 Å². The molecule has 1 aliphatic carbocycles. The molecule has 2 saturated heterocycles. The molecule has 1 aromatic carbocycles. The minimum absolute atomic E-state index is 0.0363. The summed E-state index contributed by atoms with van der Waals surface area (Å²) in [5, 5.41) is 3.45. The zero-order valence-corrected chi connectivity index (χ0v) is 19.9. The van der Waals surface area contributed by atoms with Crippen LogP contribution in [0.3, 0.4) is 0 Å². The van der Waals surface area contributed by atoms with Gasteiger partial charge in [-0.05, 0) is 37.1 Å². The minimum atomic E-state index is 0.0363. The third-order valence-corrected chi connectivity index (χ3v) is 7.11. The quantitative estimate of drug-likeness (QED) is 0.599. The fourth-order valence-electron chi connectivity index (χ4n) is 5.13. The van der Waals surface area contributed by atoms with E-state index in [0.717, 1.165) is 42.8 Å². The molecule has 1 amide bonds. The van der Waals surface area contributed by atoms with E-state index in [1.165, 1.54) is 12.8 Å². The van der Waals surface area contributed by atoms with Crippen molar-refractivity contribution in [3.63, 3.8) is 0 Å². The van der Waals surface area contributed by atoms with Crippen LogP contribution in [0, 0.1) is 0 Å². The molecule has 0 bridgehead atoms. The maximum Gasteiger partial charge on any atom is 0.254 e. The summed E-state index contributed by atoms with van der Waals surface area (Å²) >= 11 is 0. The first-order valence-corrected chi connectivity index (χ1v) is 12.6. The highest BCUT2D eigenvalue weighted by Gasteiger charge is 2.24. The Hall–Kier alpha value is -3.24. The maximum atomic E-state index is 12.8. The number of imidazole rings is 1. The Morgan fingerprint density at radius 3 is 2.31 bits per heavy atom. The predicted octanol–water partition coefficient (Wildman–Crippen LogP) is 2.99. The number of rotatable bonds is 5. The first-order chi connectivity index (χ1) is 17.3. The van der Waals surface area contributed by atoms with Crippen molar-refractivity contribution in [1.82, 2.24) is 24.4 Å². The van der Waals surface area contributed by atoms with Gasteiger partial charge in [0.25, 0.3) is 5.91 Å². The number of nitrogens with one attached hydrogen (secondary N) is 1. The van der Waals surface area contributed by atoms with Crippen LogP contribution in [0.1, 0.15) is 42.1 Å². The second-order valence-electron chi connectivity index (χ2n) is 9.34. The number of ether oxygens (including phenoxy) is 2. The highest BCUT2D eigenvalue weighted by Crippen LogP contribution is 2.34. The number of anilines is 3. The first-order valence-electron chi connectivity index (χ1n) is 12.6. The van der Waals surface area contributed by atoms with E-state index in [-0.39, 0.29) is 5.91 Å². The second kappa shape index (κ2) is 9.79. The highest BCUT2D eigenvalue weighted by atomic mass is 16.5. The lowest BCUT2D eigenvalue weighted by molar-refractivity contribution is 0.0303.